The van der Waals surface area contributed by atoms with Crippen LogP contribution < -0.4 is 15.4 Å². The van der Waals surface area contributed by atoms with Gasteiger partial charge >= 0.3 is 12.0 Å². The summed E-state index contributed by atoms with van der Waals surface area (Å²) in [6, 6.07) is 16.1. The number of nitriles is 1. The first-order valence-corrected chi connectivity index (χ1v) is 9.67. The fourth-order valence-corrected chi connectivity index (χ4v) is 2.58. The monoisotopic (exact) mass is 421 g/mol. The molecule has 0 aliphatic carbocycles. The lowest BCUT2D eigenvalue weighted by Gasteiger charge is -2.17. The Kier molecular flexibility index (Phi) is 8.80. The van der Waals surface area contributed by atoms with E-state index in [1.54, 1.807) is 67.6 Å². The van der Waals surface area contributed by atoms with Gasteiger partial charge in [-0.1, -0.05) is 42.5 Å². The van der Waals surface area contributed by atoms with Crippen molar-refractivity contribution in [2.75, 3.05) is 13.2 Å². The molecule has 0 radical (unpaired) electrons. The third kappa shape index (κ3) is 7.01. The SMILES string of the molecule is CCNC(=O)NC(=O)[C@H](OC(=O)/C(C#N)=C/c1ccc(OCC)cc1)c1ccccc1. The quantitative estimate of drug-likeness (QED) is 0.384. The Hall–Kier alpha value is -4.12. The summed E-state index contributed by atoms with van der Waals surface area (Å²) in [6.45, 7) is 4.40. The normalized spacial score (nSPS) is 11.6. The molecule has 8 nitrogen and oxygen atoms in total. The van der Waals surface area contributed by atoms with Crippen molar-refractivity contribution >= 4 is 24.0 Å². The van der Waals surface area contributed by atoms with E-state index >= 15 is 0 Å². The van der Waals surface area contributed by atoms with Crippen molar-refractivity contribution in [3.63, 3.8) is 0 Å². The van der Waals surface area contributed by atoms with Crippen LogP contribution in [0.25, 0.3) is 6.08 Å². The summed E-state index contributed by atoms with van der Waals surface area (Å²) in [5.74, 6) is -1.16. The first-order chi connectivity index (χ1) is 15.0. The second-order valence-electron chi connectivity index (χ2n) is 6.22. The number of nitrogens with zero attached hydrogens (tertiary/aromatic N) is 1. The molecule has 31 heavy (non-hydrogen) atoms. The number of amides is 3. The van der Waals surface area contributed by atoms with Crippen LogP contribution in [-0.4, -0.2) is 31.1 Å². The van der Waals surface area contributed by atoms with E-state index in [2.05, 4.69) is 10.6 Å². The van der Waals surface area contributed by atoms with Crippen molar-refractivity contribution in [3.05, 3.63) is 71.3 Å². The van der Waals surface area contributed by atoms with Crippen LogP contribution in [0, 0.1) is 11.3 Å². The van der Waals surface area contributed by atoms with Crippen molar-refractivity contribution in [1.82, 2.24) is 10.6 Å². The molecule has 8 heteroatoms. The molecule has 3 amide bonds. The Labute approximate surface area is 180 Å². The summed E-state index contributed by atoms with van der Waals surface area (Å²) in [4.78, 5) is 36.9. The van der Waals surface area contributed by atoms with Crippen LogP contribution in [0.1, 0.15) is 31.1 Å². The van der Waals surface area contributed by atoms with Gasteiger partial charge in [-0.2, -0.15) is 5.26 Å². The molecule has 0 bridgehead atoms. The number of benzene rings is 2. The maximum atomic E-state index is 12.6. The third-order valence-electron chi connectivity index (χ3n) is 3.98. The van der Waals surface area contributed by atoms with Crippen LogP contribution in [0.3, 0.4) is 0 Å². The van der Waals surface area contributed by atoms with Crippen LogP contribution in [0.5, 0.6) is 5.75 Å². The predicted molar refractivity (Wildman–Crippen MR) is 114 cm³/mol. The molecule has 2 rings (SSSR count). The van der Waals surface area contributed by atoms with Crippen LogP contribution in [0.15, 0.2) is 60.2 Å². The summed E-state index contributed by atoms with van der Waals surface area (Å²) in [5, 5.41) is 14.0. The minimum atomic E-state index is -1.41. The van der Waals surface area contributed by atoms with Gasteiger partial charge in [-0.3, -0.25) is 10.1 Å². The Balaban J connectivity index is 2.23. The van der Waals surface area contributed by atoms with E-state index in [1.165, 1.54) is 6.08 Å². The van der Waals surface area contributed by atoms with Crippen molar-refractivity contribution in [2.24, 2.45) is 0 Å². The summed E-state index contributed by atoms with van der Waals surface area (Å²) in [7, 11) is 0. The molecule has 0 aromatic heterocycles. The molecular formula is C23H23N3O5. The highest BCUT2D eigenvalue weighted by molar-refractivity contribution is 6.01. The van der Waals surface area contributed by atoms with E-state index in [9.17, 15) is 19.6 Å². The lowest BCUT2D eigenvalue weighted by atomic mass is 10.1. The number of imide groups is 1. The second-order valence-corrected chi connectivity index (χ2v) is 6.22. The van der Waals surface area contributed by atoms with Crippen LogP contribution >= 0.6 is 0 Å². The van der Waals surface area contributed by atoms with E-state index < -0.39 is 24.0 Å². The fourth-order valence-electron chi connectivity index (χ4n) is 2.58. The lowest BCUT2D eigenvalue weighted by Crippen LogP contribution is -2.42. The van der Waals surface area contributed by atoms with Crippen LogP contribution in [0.4, 0.5) is 4.79 Å². The van der Waals surface area contributed by atoms with Crippen molar-refractivity contribution in [3.8, 4) is 11.8 Å². The first kappa shape index (κ1) is 23.2. The van der Waals surface area contributed by atoms with Gasteiger partial charge in [0.1, 0.15) is 17.4 Å². The van der Waals surface area contributed by atoms with Gasteiger partial charge < -0.3 is 14.8 Å². The molecule has 1 atom stereocenters. The number of esters is 1. The highest BCUT2D eigenvalue weighted by Crippen LogP contribution is 2.21. The average Bonchev–Trinajstić information content (AvgIpc) is 2.77. The molecule has 0 fully saturated rings. The molecule has 2 aromatic carbocycles. The zero-order valence-corrected chi connectivity index (χ0v) is 17.3. The zero-order valence-electron chi connectivity index (χ0n) is 17.3. The van der Waals surface area contributed by atoms with E-state index in [0.717, 1.165) is 0 Å². The standard InChI is InChI=1S/C23H23N3O5/c1-3-25-23(29)26-21(27)20(17-8-6-5-7-9-17)31-22(28)18(15-24)14-16-10-12-19(13-11-16)30-4-2/h5-14,20H,3-4H2,1-2H3,(H2,25,26,27,29)/b18-14+/t20-/m1/s1. The van der Waals surface area contributed by atoms with Gasteiger partial charge in [0.2, 0.25) is 6.10 Å². The Bertz CT molecular complexity index is 979. The summed E-state index contributed by atoms with van der Waals surface area (Å²) in [5.41, 5.74) is 0.645. The molecular weight excluding hydrogens is 398 g/mol. The molecule has 2 N–H and O–H groups in total. The summed E-state index contributed by atoms with van der Waals surface area (Å²) < 4.78 is 10.7. The Morgan fingerprint density at radius 1 is 1.06 bits per heavy atom. The van der Waals surface area contributed by atoms with Gasteiger partial charge in [-0.05, 0) is 37.6 Å². The molecule has 0 aliphatic heterocycles. The molecule has 160 valence electrons. The zero-order chi connectivity index (χ0) is 22.6. The minimum absolute atomic E-state index is 0.295. The first-order valence-electron chi connectivity index (χ1n) is 9.67. The van der Waals surface area contributed by atoms with Gasteiger partial charge in [0.25, 0.3) is 5.91 Å². The molecule has 0 saturated carbocycles. The number of rotatable bonds is 8. The number of hydrogen-bond acceptors (Lipinski definition) is 6. The molecule has 0 saturated heterocycles. The number of carbonyl (C=O) groups is 3. The predicted octanol–water partition coefficient (Wildman–Crippen LogP) is 3.12. The molecule has 0 unspecified atom stereocenters. The number of hydrogen-bond donors (Lipinski definition) is 2. The van der Waals surface area contributed by atoms with Gasteiger partial charge in [-0.25, -0.2) is 9.59 Å². The van der Waals surface area contributed by atoms with E-state index in [4.69, 9.17) is 9.47 Å². The Morgan fingerprint density at radius 3 is 2.32 bits per heavy atom. The van der Waals surface area contributed by atoms with E-state index in [0.29, 0.717) is 30.0 Å². The second kappa shape index (κ2) is 11.8. The van der Waals surface area contributed by atoms with Crippen molar-refractivity contribution < 1.29 is 23.9 Å². The lowest BCUT2D eigenvalue weighted by molar-refractivity contribution is -0.152. The molecule has 0 heterocycles. The summed E-state index contributed by atoms with van der Waals surface area (Å²) >= 11 is 0. The molecule has 2 aromatic rings. The minimum Gasteiger partial charge on any atom is -0.494 e. The maximum absolute atomic E-state index is 12.6. The van der Waals surface area contributed by atoms with Crippen molar-refractivity contribution in [2.45, 2.75) is 20.0 Å². The van der Waals surface area contributed by atoms with Gasteiger partial charge in [0.15, 0.2) is 0 Å². The van der Waals surface area contributed by atoms with E-state index in [-0.39, 0.29) is 5.57 Å². The molecule has 0 spiro atoms. The number of carbonyl (C=O) groups excluding carboxylic acids is 3. The highest BCUT2D eigenvalue weighted by atomic mass is 16.5. The fraction of sp³-hybridized carbons (Fsp3) is 0.217. The topological polar surface area (TPSA) is 118 Å². The van der Waals surface area contributed by atoms with Crippen LogP contribution in [-0.2, 0) is 14.3 Å². The average molecular weight is 421 g/mol. The third-order valence-corrected chi connectivity index (χ3v) is 3.98. The van der Waals surface area contributed by atoms with Gasteiger partial charge in [0.05, 0.1) is 6.61 Å². The number of ether oxygens (including phenoxy) is 2. The summed E-state index contributed by atoms with van der Waals surface area (Å²) in [6.07, 6.45) is -0.0599. The highest BCUT2D eigenvalue weighted by Gasteiger charge is 2.27. The Morgan fingerprint density at radius 2 is 1.74 bits per heavy atom. The number of urea groups is 1. The van der Waals surface area contributed by atoms with Crippen molar-refractivity contribution in [1.29, 1.82) is 5.26 Å². The van der Waals surface area contributed by atoms with E-state index in [1.807, 2.05) is 6.92 Å². The molecule has 0 aliphatic rings. The number of nitrogens with one attached hydrogen (secondary N) is 2. The van der Waals surface area contributed by atoms with Crippen LogP contribution in [0.2, 0.25) is 0 Å². The van der Waals surface area contributed by atoms with Gasteiger partial charge in [0, 0.05) is 12.1 Å². The largest absolute Gasteiger partial charge is 0.494 e. The maximum Gasteiger partial charge on any atom is 0.350 e. The van der Waals surface area contributed by atoms with Gasteiger partial charge in [-0.15, -0.1) is 0 Å². The smallest absolute Gasteiger partial charge is 0.350 e.